The maximum atomic E-state index is 6.26. The molecule has 2 heterocycles. The van der Waals surface area contributed by atoms with Gasteiger partial charge < -0.3 is 10.5 Å². The molecule has 1 aromatic carbocycles. The van der Waals surface area contributed by atoms with Crippen LogP contribution in [0.15, 0.2) is 35.7 Å². The highest BCUT2D eigenvalue weighted by Gasteiger charge is 2.20. The Morgan fingerprint density at radius 3 is 3.06 bits per heavy atom. The van der Waals surface area contributed by atoms with Crippen LogP contribution in [0.2, 0.25) is 0 Å². The summed E-state index contributed by atoms with van der Waals surface area (Å²) in [4.78, 5) is 1.21. The largest absolute Gasteiger partial charge is 0.490 e. The molecule has 17 heavy (non-hydrogen) atoms. The van der Waals surface area contributed by atoms with Gasteiger partial charge in [-0.25, -0.2) is 0 Å². The zero-order chi connectivity index (χ0) is 11.8. The van der Waals surface area contributed by atoms with Crippen LogP contribution in [0.5, 0.6) is 5.75 Å². The first-order valence-electron chi connectivity index (χ1n) is 5.82. The third-order valence-electron chi connectivity index (χ3n) is 3.13. The first-order valence-corrected chi connectivity index (χ1v) is 6.70. The minimum atomic E-state index is -0.0174. The Hall–Kier alpha value is -1.32. The molecular weight excluding hydrogens is 230 g/mol. The number of benzene rings is 1. The van der Waals surface area contributed by atoms with Crippen molar-refractivity contribution >= 4 is 11.3 Å². The quantitative estimate of drug-likeness (QED) is 0.882. The van der Waals surface area contributed by atoms with Gasteiger partial charge in [0.25, 0.3) is 0 Å². The molecule has 88 valence electrons. The van der Waals surface area contributed by atoms with Crippen molar-refractivity contribution in [3.63, 3.8) is 0 Å². The lowest BCUT2D eigenvalue weighted by molar-refractivity contribution is 0.254. The summed E-state index contributed by atoms with van der Waals surface area (Å²) >= 11 is 1.70. The molecular formula is C14H15NOS. The zero-order valence-electron chi connectivity index (χ0n) is 9.72. The summed E-state index contributed by atoms with van der Waals surface area (Å²) in [6.45, 7) is 2.10. The Bertz CT molecular complexity index is 521. The average molecular weight is 245 g/mol. The molecule has 0 saturated carbocycles. The van der Waals surface area contributed by atoms with Crippen LogP contribution in [-0.4, -0.2) is 6.10 Å². The molecule has 2 unspecified atom stereocenters. The van der Waals surface area contributed by atoms with Crippen molar-refractivity contribution in [1.82, 2.24) is 0 Å². The van der Waals surface area contributed by atoms with Gasteiger partial charge in [-0.15, -0.1) is 11.3 Å². The van der Waals surface area contributed by atoms with Gasteiger partial charge in [0.1, 0.15) is 11.9 Å². The monoisotopic (exact) mass is 245 g/mol. The Balaban J connectivity index is 1.93. The summed E-state index contributed by atoms with van der Waals surface area (Å²) in [5, 5.41) is 2.06. The molecule has 0 radical (unpaired) electrons. The molecule has 0 amide bonds. The van der Waals surface area contributed by atoms with Crippen LogP contribution in [0.3, 0.4) is 0 Å². The molecule has 2 N–H and O–H groups in total. The van der Waals surface area contributed by atoms with E-state index in [1.165, 1.54) is 16.0 Å². The summed E-state index contributed by atoms with van der Waals surface area (Å²) in [6, 6.07) is 10.4. The number of hydrogen-bond acceptors (Lipinski definition) is 3. The lowest BCUT2D eigenvalue weighted by Crippen LogP contribution is -2.10. The van der Waals surface area contributed by atoms with E-state index in [9.17, 15) is 0 Å². The van der Waals surface area contributed by atoms with E-state index in [0.29, 0.717) is 6.10 Å². The van der Waals surface area contributed by atoms with Gasteiger partial charge in [-0.05, 0) is 35.6 Å². The van der Waals surface area contributed by atoms with E-state index in [4.69, 9.17) is 10.5 Å². The topological polar surface area (TPSA) is 35.2 Å². The predicted octanol–water partition coefficient (Wildman–Crippen LogP) is 3.12. The van der Waals surface area contributed by atoms with Gasteiger partial charge in [0.2, 0.25) is 0 Å². The highest BCUT2D eigenvalue weighted by molar-refractivity contribution is 7.10. The first kappa shape index (κ1) is 10.8. The molecule has 2 nitrogen and oxygen atoms in total. The molecule has 0 saturated heterocycles. The van der Waals surface area contributed by atoms with E-state index in [1.807, 2.05) is 12.1 Å². The summed E-state index contributed by atoms with van der Waals surface area (Å²) < 4.78 is 5.69. The molecule has 0 fully saturated rings. The van der Waals surface area contributed by atoms with E-state index in [0.717, 1.165) is 12.2 Å². The fourth-order valence-corrected chi connectivity index (χ4v) is 3.02. The van der Waals surface area contributed by atoms with Crippen LogP contribution in [0.4, 0.5) is 0 Å². The van der Waals surface area contributed by atoms with Crippen molar-refractivity contribution in [2.45, 2.75) is 25.5 Å². The van der Waals surface area contributed by atoms with Crippen molar-refractivity contribution < 1.29 is 4.74 Å². The van der Waals surface area contributed by atoms with E-state index in [2.05, 4.69) is 30.5 Å². The minimum absolute atomic E-state index is 0.0174. The fourth-order valence-electron chi connectivity index (χ4n) is 2.27. The van der Waals surface area contributed by atoms with E-state index >= 15 is 0 Å². The Kier molecular flexibility index (Phi) is 2.65. The second-order valence-corrected chi connectivity index (χ2v) is 5.47. The van der Waals surface area contributed by atoms with Crippen molar-refractivity contribution in [2.24, 2.45) is 5.73 Å². The first-order chi connectivity index (χ1) is 8.24. The van der Waals surface area contributed by atoms with Crippen molar-refractivity contribution in [1.29, 1.82) is 0 Å². The van der Waals surface area contributed by atoms with E-state index < -0.39 is 0 Å². The molecule has 2 aromatic rings. The van der Waals surface area contributed by atoms with Crippen molar-refractivity contribution in [2.75, 3.05) is 0 Å². The summed E-state index contributed by atoms with van der Waals surface area (Å²) in [5.41, 5.74) is 8.71. The molecule has 0 bridgehead atoms. The normalized spacial score (nSPS) is 19.8. The van der Waals surface area contributed by atoms with Gasteiger partial charge in [-0.1, -0.05) is 18.2 Å². The minimum Gasteiger partial charge on any atom is -0.490 e. The zero-order valence-corrected chi connectivity index (χ0v) is 10.5. The van der Waals surface area contributed by atoms with E-state index in [-0.39, 0.29) is 6.04 Å². The number of hydrogen-bond donors (Lipinski definition) is 1. The lowest BCUT2D eigenvalue weighted by atomic mass is 10.0. The van der Waals surface area contributed by atoms with Crippen molar-refractivity contribution in [3.05, 3.63) is 51.7 Å². The molecule has 1 aliphatic heterocycles. The van der Waals surface area contributed by atoms with Gasteiger partial charge in [0.05, 0.1) is 6.04 Å². The van der Waals surface area contributed by atoms with Gasteiger partial charge in [0, 0.05) is 11.3 Å². The third kappa shape index (κ3) is 1.96. The Morgan fingerprint density at radius 2 is 2.29 bits per heavy atom. The number of nitrogens with two attached hydrogens (primary N) is 1. The smallest absolute Gasteiger partial charge is 0.123 e. The molecule has 0 spiro atoms. The third-order valence-corrected chi connectivity index (χ3v) is 4.08. The van der Waals surface area contributed by atoms with Crippen LogP contribution in [0, 0.1) is 0 Å². The van der Waals surface area contributed by atoms with Crippen LogP contribution in [-0.2, 0) is 6.42 Å². The van der Waals surface area contributed by atoms with Gasteiger partial charge >= 0.3 is 0 Å². The van der Waals surface area contributed by atoms with Gasteiger partial charge in [-0.2, -0.15) is 0 Å². The second kappa shape index (κ2) is 4.17. The summed E-state index contributed by atoms with van der Waals surface area (Å²) in [5.74, 6) is 1.01. The molecule has 0 aliphatic carbocycles. The Labute approximate surface area is 105 Å². The molecule has 1 aliphatic rings. The molecule has 1 aromatic heterocycles. The predicted molar refractivity (Wildman–Crippen MR) is 70.6 cm³/mol. The second-order valence-electron chi connectivity index (χ2n) is 4.49. The molecule has 3 heteroatoms. The van der Waals surface area contributed by atoms with Gasteiger partial charge in [-0.3, -0.25) is 0 Å². The summed E-state index contributed by atoms with van der Waals surface area (Å²) in [6.07, 6.45) is 1.28. The number of ether oxygens (including phenoxy) is 1. The summed E-state index contributed by atoms with van der Waals surface area (Å²) in [7, 11) is 0. The number of thiophene rings is 1. The SMILES string of the molecule is CC1Cc2cc(C(N)c3cccs3)ccc2O1. The van der Waals surface area contributed by atoms with Crippen LogP contribution in [0.1, 0.15) is 29.0 Å². The number of fused-ring (bicyclic) bond motifs is 1. The fraction of sp³-hybridized carbons (Fsp3) is 0.286. The average Bonchev–Trinajstić information content (AvgIpc) is 2.94. The van der Waals surface area contributed by atoms with Gasteiger partial charge in [0.15, 0.2) is 0 Å². The maximum Gasteiger partial charge on any atom is 0.123 e. The van der Waals surface area contributed by atoms with Crippen LogP contribution >= 0.6 is 11.3 Å². The lowest BCUT2D eigenvalue weighted by Gasteiger charge is -2.11. The van der Waals surface area contributed by atoms with Crippen molar-refractivity contribution in [3.8, 4) is 5.75 Å². The maximum absolute atomic E-state index is 6.26. The standard InChI is InChI=1S/C14H15NOS/c1-9-7-11-8-10(4-5-12(11)16-9)14(15)13-3-2-6-17-13/h2-6,8-9,14H,7,15H2,1H3. The molecule has 2 atom stereocenters. The van der Waals surface area contributed by atoms with Crippen LogP contribution in [0.25, 0.3) is 0 Å². The van der Waals surface area contributed by atoms with E-state index in [1.54, 1.807) is 11.3 Å². The highest BCUT2D eigenvalue weighted by Crippen LogP contribution is 2.32. The Morgan fingerprint density at radius 1 is 1.41 bits per heavy atom. The highest BCUT2D eigenvalue weighted by atomic mass is 32.1. The molecule has 3 rings (SSSR count). The van der Waals surface area contributed by atoms with Crippen LogP contribution < -0.4 is 10.5 Å². The number of rotatable bonds is 2.